The van der Waals surface area contributed by atoms with Crippen LogP contribution in [-0.4, -0.2) is 24.5 Å². The largest absolute Gasteiger partial charge is 0.298 e. The molecule has 64 valence electrons. The number of rotatable bonds is 2. The fraction of sp³-hybridized carbons (Fsp3) is 0.778. The van der Waals surface area contributed by atoms with Crippen LogP contribution in [0.1, 0.15) is 19.8 Å². The highest BCUT2D eigenvalue weighted by molar-refractivity contribution is 9.11. The molecule has 1 nitrogen and oxygen atoms in total. The molecule has 11 heavy (non-hydrogen) atoms. The van der Waals surface area contributed by atoms with E-state index in [1.54, 1.807) is 0 Å². The number of likely N-dealkylation sites (tertiary alicyclic amines) is 1. The van der Waals surface area contributed by atoms with Crippen molar-refractivity contribution in [3.05, 3.63) is 11.1 Å². The summed E-state index contributed by atoms with van der Waals surface area (Å²) in [7, 11) is 0. The Hall–Kier alpha value is 0.180. The van der Waals surface area contributed by atoms with Crippen LogP contribution in [0, 0.1) is 5.92 Å². The SMILES string of the molecule is C=C(Br)CN1CCC[C@H](C)C1. The lowest BCUT2D eigenvalue weighted by Crippen LogP contribution is -2.34. The van der Waals surface area contributed by atoms with E-state index in [9.17, 15) is 0 Å². The average Bonchev–Trinajstić information content (AvgIpc) is 1.85. The highest BCUT2D eigenvalue weighted by Crippen LogP contribution is 2.17. The van der Waals surface area contributed by atoms with Gasteiger partial charge in [-0.3, -0.25) is 4.90 Å². The van der Waals surface area contributed by atoms with Gasteiger partial charge in [0.25, 0.3) is 0 Å². The zero-order chi connectivity index (χ0) is 8.27. The summed E-state index contributed by atoms with van der Waals surface area (Å²) in [6.45, 7) is 9.68. The van der Waals surface area contributed by atoms with Crippen LogP contribution in [0.15, 0.2) is 11.1 Å². The van der Waals surface area contributed by atoms with E-state index in [1.807, 2.05) is 0 Å². The van der Waals surface area contributed by atoms with Crippen LogP contribution in [-0.2, 0) is 0 Å². The van der Waals surface area contributed by atoms with E-state index >= 15 is 0 Å². The van der Waals surface area contributed by atoms with E-state index in [0.29, 0.717) is 0 Å². The molecule has 1 aliphatic heterocycles. The van der Waals surface area contributed by atoms with Crippen molar-refractivity contribution in [3.8, 4) is 0 Å². The quantitative estimate of drug-likeness (QED) is 0.688. The Morgan fingerprint density at radius 2 is 2.45 bits per heavy atom. The molecule has 1 fully saturated rings. The van der Waals surface area contributed by atoms with Gasteiger partial charge >= 0.3 is 0 Å². The Morgan fingerprint density at radius 3 is 3.00 bits per heavy atom. The van der Waals surface area contributed by atoms with Gasteiger partial charge in [-0.2, -0.15) is 0 Å². The predicted octanol–water partition coefficient (Wildman–Crippen LogP) is 2.63. The van der Waals surface area contributed by atoms with Crippen molar-refractivity contribution in [1.82, 2.24) is 4.90 Å². The van der Waals surface area contributed by atoms with Gasteiger partial charge in [0.15, 0.2) is 0 Å². The molecular weight excluding hydrogens is 202 g/mol. The van der Waals surface area contributed by atoms with Crippen LogP contribution in [0.5, 0.6) is 0 Å². The summed E-state index contributed by atoms with van der Waals surface area (Å²) in [6.07, 6.45) is 2.74. The molecular formula is C9H16BrN. The molecule has 0 aromatic rings. The minimum atomic E-state index is 0.871. The molecule has 0 radical (unpaired) electrons. The van der Waals surface area contributed by atoms with Crippen LogP contribution in [0.3, 0.4) is 0 Å². The summed E-state index contributed by atoms with van der Waals surface area (Å²) in [4.78, 5) is 2.46. The first-order chi connectivity index (χ1) is 5.18. The molecule has 2 heteroatoms. The maximum absolute atomic E-state index is 3.85. The molecule has 1 rings (SSSR count). The molecule has 0 N–H and O–H groups in total. The summed E-state index contributed by atoms with van der Waals surface area (Å²) in [5.74, 6) is 0.871. The van der Waals surface area contributed by atoms with Crippen molar-refractivity contribution >= 4 is 15.9 Å². The molecule has 1 saturated heterocycles. The number of hydrogen-bond donors (Lipinski definition) is 0. The molecule has 0 aromatic heterocycles. The third-order valence-electron chi connectivity index (χ3n) is 2.14. The van der Waals surface area contributed by atoms with Crippen molar-refractivity contribution in [1.29, 1.82) is 0 Å². The summed E-state index contributed by atoms with van der Waals surface area (Å²) in [5, 5.41) is 0. The van der Waals surface area contributed by atoms with Crippen molar-refractivity contribution < 1.29 is 0 Å². The van der Waals surface area contributed by atoms with E-state index in [0.717, 1.165) is 16.9 Å². The highest BCUT2D eigenvalue weighted by Gasteiger charge is 2.15. The van der Waals surface area contributed by atoms with Gasteiger partial charge in [-0.15, -0.1) is 0 Å². The molecule has 0 unspecified atom stereocenters. The fourth-order valence-electron chi connectivity index (χ4n) is 1.67. The Morgan fingerprint density at radius 1 is 1.73 bits per heavy atom. The van der Waals surface area contributed by atoms with Crippen molar-refractivity contribution in [3.63, 3.8) is 0 Å². The predicted molar refractivity (Wildman–Crippen MR) is 52.9 cm³/mol. The second-order valence-electron chi connectivity index (χ2n) is 3.50. The van der Waals surface area contributed by atoms with Crippen molar-refractivity contribution in [2.45, 2.75) is 19.8 Å². The Labute approximate surface area is 77.6 Å². The number of nitrogens with zero attached hydrogens (tertiary/aromatic N) is 1. The summed E-state index contributed by atoms with van der Waals surface area (Å²) < 4.78 is 1.10. The maximum Gasteiger partial charge on any atom is 0.0294 e. The average molecular weight is 218 g/mol. The van der Waals surface area contributed by atoms with Gasteiger partial charge in [0, 0.05) is 17.6 Å². The first-order valence-electron chi connectivity index (χ1n) is 4.24. The van der Waals surface area contributed by atoms with Gasteiger partial charge in [-0.1, -0.05) is 29.4 Å². The first kappa shape index (κ1) is 9.27. The second-order valence-corrected chi connectivity index (χ2v) is 4.62. The molecule has 0 aromatic carbocycles. The summed E-state index contributed by atoms with van der Waals surface area (Å²) in [6, 6.07) is 0. The molecule has 1 atom stereocenters. The smallest absolute Gasteiger partial charge is 0.0294 e. The molecule has 1 heterocycles. The van der Waals surface area contributed by atoms with E-state index in [2.05, 4.69) is 34.3 Å². The van der Waals surface area contributed by atoms with E-state index < -0.39 is 0 Å². The zero-order valence-corrected chi connectivity index (χ0v) is 8.73. The van der Waals surface area contributed by atoms with Crippen LogP contribution < -0.4 is 0 Å². The number of halogens is 1. The molecule has 0 amide bonds. The second kappa shape index (κ2) is 4.27. The van der Waals surface area contributed by atoms with Gasteiger partial charge < -0.3 is 0 Å². The lowest BCUT2D eigenvalue weighted by atomic mass is 10.0. The lowest BCUT2D eigenvalue weighted by molar-refractivity contribution is 0.201. The number of piperidine rings is 1. The lowest BCUT2D eigenvalue weighted by Gasteiger charge is -2.30. The van der Waals surface area contributed by atoms with Gasteiger partial charge in [0.1, 0.15) is 0 Å². The van der Waals surface area contributed by atoms with Gasteiger partial charge in [0.2, 0.25) is 0 Å². The molecule has 0 spiro atoms. The molecule has 0 saturated carbocycles. The fourth-order valence-corrected chi connectivity index (χ4v) is 2.03. The Bertz CT molecular complexity index is 144. The Balaban J connectivity index is 2.28. The molecule has 0 aliphatic carbocycles. The van der Waals surface area contributed by atoms with Crippen LogP contribution >= 0.6 is 15.9 Å². The first-order valence-corrected chi connectivity index (χ1v) is 5.03. The normalized spacial score (nSPS) is 26.9. The molecule has 1 aliphatic rings. The third-order valence-corrected chi connectivity index (χ3v) is 2.39. The number of hydrogen-bond acceptors (Lipinski definition) is 1. The van der Waals surface area contributed by atoms with Crippen LogP contribution in [0.4, 0.5) is 0 Å². The van der Waals surface area contributed by atoms with E-state index in [-0.39, 0.29) is 0 Å². The zero-order valence-electron chi connectivity index (χ0n) is 7.15. The van der Waals surface area contributed by atoms with Crippen molar-refractivity contribution in [2.24, 2.45) is 5.92 Å². The van der Waals surface area contributed by atoms with Crippen LogP contribution in [0.2, 0.25) is 0 Å². The maximum atomic E-state index is 3.85. The third kappa shape index (κ3) is 3.39. The molecule has 0 bridgehead atoms. The minimum absolute atomic E-state index is 0.871. The van der Waals surface area contributed by atoms with E-state index in [1.165, 1.54) is 25.9 Å². The van der Waals surface area contributed by atoms with E-state index in [4.69, 9.17) is 0 Å². The van der Waals surface area contributed by atoms with Gasteiger partial charge in [0.05, 0.1) is 0 Å². The standard InChI is InChI=1S/C9H16BrN/c1-8-4-3-5-11(6-8)7-9(2)10/h8H,2-7H2,1H3/t8-/m0/s1. The summed E-state index contributed by atoms with van der Waals surface area (Å²) >= 11 is 3.39. The Kier molecular flexibility index (Phi) is 3.60. The monoisotopic (exact) mass is 217 g/mol. The van der Waals surface area contributed by atoms with Gasteiger partial charge in [-0.25, -0.2) is 0 Å². The van der Waals surface area contributed by atoms with Crippen molar-refractivity contribution in [2.75, 3.05) is 19.6 Å². The highest BCUT2D eigenvalue weighted by atomic mass is 79.9. The topological polar surface area (TPSA) is 3.24 Å². The minimum Gasteiger partial charge on any atom is -0.298 e. The van der Waals surface area contributed by atoms with Gasteiger partial charge in [-0.05, 0) is 25.3 Å². The summed E-state index contributed by atoms with van der Waals surface area (Å²) in [5.41, 5.74) is 0. The van der Waals surface area contributed by atoms with Crippen LogP contribution in [0.25, 0.3) is 0 Å².